The molecule has 0 radical (unpaired) electrons. The Hall–Kier alpha value is -1.69. The lowest BCUT2D eigenvalue weighted by molar-refractivity contribution is -0.285. The fourth-order valence-corrected chi connectivity index (χ4v) is 1.56. The molecule has 8 heteroatoms. The summed E-state index contributed by atoms with van der Waals surface area (Å²) in [6.07, 6.45) is -0.872. The van der Waals surface area contributed by atoms with Crippen molar-refractivity contribution in [3.63, 3.8) is 0 Å². The number of hydrogen-bond acceptors (Lipinski definition) is 7. The van der Waals surface area contributed by atoms with E-state index < -0.39 is 29.9 Å². The molecule has 0 saturated carbocycles. The summed E-state index contributed by atoms with van der Waals surface area (Å²) >= 11 is 0. The molecule has 3 N–H and O–H groups in total. The van der Waals surface area contributed by atoms with Gasteiger partial charge in [-0.25, -0.2) is 4.79 Å². The Morgan fingerprint density at radius 2 is 2.17 bits per heavy atom. The second-order valence-electron chi connectivity index (χ2n) is 3.71. The predicted octanol–water partition coefficient (Wildman–Crippen LogP) is -0.762. The minimum atomic E-state index is -1.92. The minimum Gasteiger partial charge on any atom is -0.477 e. The number of carboxylic acid groups (broad SMARTS) is 1. The molecule has 8 nitrogen and oxygen atoms in total. The zero-order chi connectivity index (χ0) is 14.3. The SMILES string of the molecule is COC1(C(=O)O)CC(O)C(C)C(C=O)O1.N#CO. The van der Waals surface area contributed by atoms with E-state index in [1.807, 2.05) is 0 Å². The van der Waals surface area contributed by atoms with Crippen LogP contribution in [0.15, 0.2) is 0 Å². The first-order chi connectivity index (χ1) is 8.38. The highest BCUT2D eigenvalue weighted by Gasteiger charge is 2.51. The van der Waals surface area contributed by atoms with Crippen molar-refractivity contribution < 1.29 is 34.4 Å². The van der Waals surface area contributed by atoms with Crippen LogP contribution in [0.2, 0.25) is 0 Å². The van der Waals surface area contributed by atoms with Gasteiger partial charge in [-0.1, -0.05) is 6.92 Å². The van der Waals surface area contributed by atoms with Gasteiger partial charge in [0.1, 0.15) is 12.4 Å². The van der Waals surface area contributed by atoms with E-state index in [9.17, 15) is 14.7 Å². The van der Waals surface area contributed by atoms with Crippen LogP contribution in [0.4, 0.5) is 0 Å². The number of ether oxygens (including phenoxy) is 2. The molecule has 4 atom stereocenters. The van der Waals surface area contributed by atoms with E-state index in [4.69, 9.17) is 24.9 Å². The summed E-state index contributed by atoms with van der Waals surface area (Å²) in [6.45, 7) is 1.62. The van der Waals surface area contributed by atoms with Crippen LogP contribution in [0, 0.1) is 17.4 Å². The number of nitrogens with zero attached hydrogens (tertiary/aromatic N) is 1. The van der Waals surface area contributed by atoms with Crippen LogP contribution in [0.3, 0.4) is 0 Å². The van der Waals surface area contributed by atoms with Gasteiger partial charge in [0.25, 0.3) is 12.0 Å². The number of carbonyl (C=O) groups excluding carboxylic acids is 1. The predicted molar refractivity (Wildman–Crippen MR) is 55.6 cm³/mol. The van der Waals surface area contributed by atoms with Crippen LogP contribution >= 0.6 is 0 Å². The van der Waals surface area contributed by atoms with Gasteiger partial charge in [0, 0.05) is 19.4 Å². The van der Waals surface area contributed by atoms with Gasteiger partial charge >= 0.3 is 5.97 Å². The molecule has 1 fully saturated rings. The van der Waals surface area contributed by atoms with Gasteiger partial charge in [-0.15, -0.1) is 0 Å². The number of aliphatic hydroxyl groups is 2. The molecule has 0 aromatic rings. The first-order valence-corrected chi connectivity index (χ1v) is 5.01. The zero-order valence-corrected chi connectivity index (χ0v) is 9.94. The molecule has 1 heterocycles. The molecule has 0 aliphatic carbocycles. The fraction of sp³-hybridized carbons (Fsp3) is 0.700. The lowest BCUT2D eigenvalue weighted by Gasteiger charge is -2.40. The van der Waals surface area contributed by atoms with Crippen molar-refractivity contribution in [1.29, 1.82) is 5.26 Å². The Morgan fingerprint density at radius 3 is 2.50 bits per heavy atom. The summed E-state index contributed by atoms with van der Waals surface area (Å²) in [4.78, 5) is 21.6. The van der Waals surface area contributed by atoms with Crippen molar-refractivity contribution in [2.24, 2.45) is 5.92 Å². The number of hydrogen-bond donors (Lipinski definition) is 3. The Morgan fingerprint density at radius 1 is 1.67 bits per heavy atom. The third-order valence-corrected chi connectivity index (χ3v) is 2.72. The summed E-state index contributed by atoms with van der Waals surface area (Å²) in [6, 6.07) is 0. The van der Waals surface area contributed by atoms with E-state index in [0.29, 0.717) is 6.29 Å². The highest BCUT2D eigenvalue weighted by molar-refractivity contribution is 5.76. The number of aldehydes is 1. The Kier molecular flexibility index (Phi) is 6.26. The largest absolute Gasteiger partial charge is 0.477 e. The van der Waals surface area contributed by atoms with Crippen LogP contribution in [-0.2, 0) is 19.1 Å². The molecular formula is C10H15NO7. The average molecular weight is 261 g/mol. The number of methoxy groups -OCH3 is 1. The smallest absolute Gasteiger partial charge is 0.364 e. The van der Waals surface area contributed by atoms with Crippen LogP contribution in [0.25, 0.3) is 0 Å². The van der Waals surface area contributed by atoms with Gasteiger partial charge in [0.2, 0.25) is 0 Å². The number of aliphatic carboxylic acids is 1. The fourth-order valence-electron chi connectivity index (χ4n) is 1.56. The molecule has 0 bridgehead atoms. The molecule has 0 amide bonds. The monoisotopic (exact) mass is 261 g/mol. The Bertz CT molecular complexity index is 340. The van der Waals surface area contributed by atoms with E-state index in [1.165, 1.54) is 7.11 Å². The summed E-state index contributed by atoms with van der Waals surface area (Å²) in [5, 5.41) is 32.3. The molecule has 1 aliphatic heterocycles. The maximum absolute atomic E-state index is 10.9. The summed E-state index contributed by atoms with van der Waals surface area (Å²) in [5.74, 6) is -3.70. The summed E-state index contributed by atoms with van der Waals surface area (Å²) in [5.41, 5.74) is 0. The quantitative estimate of drug-likeness (QED) is 0.445. The molecule has 102 valence electrons. The van der Waals surface area contributed by atoms with E-state index in [0.717, 1.165) is 6.26 Å². The molecule has 1 aliphatic rings. The molecule has 0 aromatic heterocycles. The molecular weight excluding hydrogens is 246 g/mol. The number of carbonyl (C=O) groups is 2. The van der Waals surface area contributed by atoms with Crippen molar-refractivity contribution in [2.75, 3.05) is 7.11 Å². The zero-order valence-electron chi connectivity index (χ0n) is 9.94. The van der Waals surface area contributed by atoms with Crippen LogP contribution in [-0.4, -0.2) is 52.7 Å². The lowest BCUT2D eigenvalue weighted by atomic mass is 9.89. The molecule has 0 aromatic carbocycles. The first kappa shape index (κ1) is 16.3. The number of rotatable bonds is 3. The Balaban J connectivity index is 0.000000873. The number of nitriles is 1. The highest BCUT2D eigenvalue weighted by atomic mass is 16.7. The van der Waals surface area contributed by atoms with Crippen molar-refractivity contribution in [2.45, 2.75) is 31.3 Å². The first-order valence-electron chi connectivity index (χ1n) is 5.01. The third-order valence-electron chi connectivity index (χ3n) is 2.72. The third kappa shape index (κ3) is 3.40. The Labute approximate surface area is 103 Å². The lowest BCUT2D eigenvalue weighted by Crippen LogP contribution is -2.56. The minimum absolute atomic E-state index is 0.190. The molecule has 18 heavy (non-hydrogen) atoms. The van der Waals surface area contributed by atoms with E-state index >= 15 is 0 Å². The maximum Gasteiger partial charge on any atom is 0.364 e. The second-order valence-corrected chi connectivity index (χ2v) is 3.71. The van der Waals surface area contributed by atoms with E-state index in [1.54, 1.807) is 6.92 Å². The van der Waals surface area contributed by atoms with Gasteiger partial charge in [-0.05, 0) is 0 Å². The van der Waals surface area contributed by atoms with E-state index in [-0.39, 0.29) is 6.42 Å². The van der Waals surface area contributed by atoms with Gasteiger partial charge in [-0.2, -0.15) is 5.26 Å². The van der Waals surface area contributed by atoms with Gasteiger partial charge in [0.15, 0.2) is 0 Å². The van der Waals surface area contributed by atoms with Gasteiger partial charge < -0.3 is 29.6 Å². The van der Waals surface area contributed by atoms with Crippen molar-refractivity contribution >= 4 is 12.3 Å². The average Bonchev–Trinajstić information content (AvgIpc) is 2.33. The molecule has 4 unspecified atom stereocenters. The normalized spacial score (nSPS) is 34.7. The topological polar surface area (TPSA) is 137 Å². The van der Waals surface area contributed by atoms with Crippen molar-refractivity contribution in [3.8, 4) is 6.26 Å². The van der Waals surface area contributed by atoms with Gasteiger partial charge in [-0.3, -0.25) is 0 Å². The second kappa shape index (κ2) is 6.90. The van der Waals surface area contributed by atoms with Crippen molar-refractivity contribution in [3.05, 3.63) is 0 Å². The maximum atomic E-state index is 10.9. The number of carboxylic acids is 1. The standard InChI is InChI=1S/C9H14O6.CHNO/c1-5-6(11)3-9(14-2,8(12)13)15-7(5)4-10;2-1-3/h4-7,11H,3H2,1-2H3,(H,12,13);3H. The van der Waals surface area contributed by atoms with Crippen LogP contribution in [0.1, 0.15) is 13.3 Å². The van der Waals surface area contributed by atoms with Crippen LogP contribution < -0.4 is 0 Å². The highest BCUT2D eigenvalue weighted by Crippen LogP contribution is 2.32. The summed E-state index contributed by atoms with van der Waals surface area (Å²) in [7, 11) is 1.17. The molecule has 1 rings (SSSR count). The summed E-state index contributed by atoms with van der Waals surface area (Å²) < 4.78 is 9.82. The van der Waals surface area contributed by atoms with Gasteiger partial charge in [0.05, 0.1) is 6.10 Å². The molecule has 0 spiro atoms. The molecule has 1 saturated heterocycles. The number of aliphatic hydroxyl groups excluding tert-OH is 2. The van der Waals surface area contributed by atoms with Crippen molar-refractivity contribution in [1.82, 2.24) is 0 Å². The van der Waals surface area contributed by atoms with E-state index in [2.05, 4.69) is 0 Å². The van der Waals surface area contributed by atoms with Crippen LogP contribution in [0.5, 0.6) is 0 Å².